The standard InChI is InChI=1S/C9H18O4/c10-3-6-1-2-9(13)8(5-12)7(6)4-11/h6-13H,1-5H2. The monoisotopic (exact) mass is 190 g/mol. The molecule has 0 bridgehead atoms. The fourth-order valence-corrected chi connectivity index (χ4v) is 2.22. The van der Waals surface area contributed by atoms with Crippen molar-refractivity contribution >= 4 is 0 Å². The highest BCUT2D eigenvalue weighted by Gasteiger charge is 2.37. The van der Waals surface area contributed by atoms with E-state index in [9.17, 15) is 5.11 Å². The van der Waals surface area contributed by atoms with E-state index in [0.717, 1.165) is 6.42 Å². The number of rotatable bonds is 3. The third-order valence-electron chi connectivity index (χ3n) is 3.14. The van der Waals surface area contributed by atoms with Crippen LogP contribution in [0.5, 0.6) is 0 Å². The van der Waals surface area contributed by atoms with Crippen LogP contribution in [0.1, 0.15) is 12.8 Å². The number of aliphatic hydroxyl groups excluding tert-OH is 4. The van der Waals surface area contributed by atoms with Crippen LogP contribution in [0, 0.1) is 17.8 Å². The Kier molecular flexibility index (Phi) is 4.12. The van der Waals surface area contributed by atoms with Gasteiger partial charge in [0.15, 0.2) is 0 Å². The van der Waals surface area contributed by atoms with Crippen LogP contribution in [0.3, 0.4) is 0 Å². The summed E-state index contributed by atoms with van der Waals surface area (Å²) in [6, 6.07) is 0. The van der Waals surface area contributed by atoms with Crippen molar-refractivity contribution in [3.63, 3.8) is 0 Å². The smallest absolute Gasteiger partial charge is 0.0594 e. The van der Waals surface area contributed by atoms with Gasteiger partial charge in [0, 0.05) is 25.7 Å². The summed E-state index contributed by atoms with van der Waals surface area (Å²) in [7, 11) is 0. The minimum absolute atomic E-state index is 0.0190. The number of hydrogen-bond donors (Lipinski definition) is 4. The van der Waals surface area contributed by atoms with E-state index >= 15 is 0 Å². The maximum Gasteiger partial charge on any atom is 0.0594 e. The van der Waals surface area contributed by atoms with Gasteiger partial charge in [0.2, 0.25) is 0 Å². The first kappa shape index (κ1) is 10.9. The molecule has 4 N–H and O–H groups in total. The van der Waals surface area contributed by atoms with E-state index < -0.39 is 6.10 Å². The van der Waals surface area contributed by atoms with Gasteiger partial charge >= 0.3 is 0 Å². The lowest BCUT2D eigenvalue weighted by molar-refractivity contribution is -0.0560. The Morgan fingerprint density at radius 2 is 1.46 bits per heavy atom. The van der Waals surface area contributed by atoms with Crippen LogP contribution < -0.4 is 0 Å². The molecule has 13 heavy (non-hydrogen) atoms. The first-order valence-electron chi connectivity index (χ1n) is 4.75. The van der Waals surface area contributed by atoms with Gasteiger partial charge in [-0.2, -0.15) is 0 Å². The molecule has 0 heterocycles. The Hall–Kier alpha value is -0.160. The summed E-state index contributed by atoms with van der Waals surface area (Å²) in [6.07, 6.45) is 0.789. The first-order chi connectivity index (χ1) is 6.24. The Morgan fingerprint density at radius 3 is 1.92 bits per heavy atom. The lowest BCUT2D eigenvalue weighted by Crippen LogP contribution is -2.43. The average Bonchev–Trinajstić information content (AvgIpc) is 2.17. The molecule has 4 unspecified atom stereocenters. The fourth-order valence-electron chi connectivity index (χ4n) is 2.22. The predicted octanol–water partition coefficient (Wildman–Crippen LogP) is -1.03. The van der Waals surface area contributed by atoms with E-state index in [4.69, 9.17) is 15.3 Å². The molecule has 0 aliphatic heterocycles. The van der Waals surface area contributed by atoms with Crippen LogP contribution in [-0.2, 0) is 0 Å². The second kappa shape index (κ2) is 4.91. The summed E-state index contributed by atoms with van der Waals surface area (Å²) in [5, 5.41) is 36.7. The van der Waals surface area contributed by atoms with E-state index in [1.54, 1.807) is 0 Å². The highest BCUT2D eigenvalue weighted by Crippen LogP contribution is 2.34. The fraction of sp³-hybridized carbons (Fsp3) is 1.00. The van der Waals surface area contributed by atoms with Gasteiger partial charge in [-0.05, 0) is 24.7 Å². The number of hydrogen-bond acceptors (Lipinski definition) is 4. The molecule has 4 heteroatoms. The Bertz CT molecular complexity index is 151. The molecular weight excluding hydrogens is 172 g/mol. The molecule has 0 saturated heterocycles. The Morgan fingerprint density at radius 1 is 0.846 bits per heavy atom. The van der Waals surface area contributed by atoms with Crippen molar-refractivity contribution in [2.24, 2.45) is 17.8 Å². The van der Waals surface area contributed by atoms with Crippen molar-refractivity contribution in [1.29, 1.82) is 0 Å². The van der Waals surface area contributed by atoms with Gasteiger partial charge in [-0.1, -0.05) is 0 Å². The predicted molar refractivity (Wildman–Crippen MR) is 47.0 cm³/mol. The van der Waals surface area contributed by atoms with Gasteiger partial charge < -0.3 is 20.4 Å². The van der Waals surface area contributed by atoms with Crippen LogP contribution in [0.15, 0.2) is 0 Å². The van der Waals surface area contributed by atoms with Gasteiger partial charge in [0.1, 0.15) is 0 Å². The summed E-state index contributed by atoms with van der Waals surface area (Å²) in [5.41, 5.74) is 0. The highest BCUT2D eigenvalue weighted by atomic mass is 16.3. The van der Waals surface area contributed by atoms with Gasteiger partial charge in [-0.15, -0.1) is 0 Å². The molecule has 1 fully saturated rings. The van der Waals surface area contributed by atoms with Crippen molar-refractivity contribution in [1.82, 2.24) is 0 Å². The third kappa shape index (κ3) is 2.20. The molecule has 0 amide bonds. The van der Waals surface area contributed by atoms with E-state index in [1.807, 2.05) is 0 Å². The Labute approximate surface area is 77.8 Å². The summed E-state index contributed by atoms with van der Waals surface area (Å²) >= 11 is 0. The normalized spacial score (nSPS) is 40.6. The lowest BCUT2D eigenvalue weighted by Gasteiger charge is -2.38. The quantitative estimate of drug-likeness (QED) is 0.458. The molecule has 1 saturated carbocycles. The number of aliphatic hydroxyl groups is 4. The maximum atomic E-state index is 9.53. The van der Waals surface area contributed by atoms with Crippen LogP contribution in [0.25, 0.3) is 0 Å². The van der Waals surface area contributed by atoms with Gasteiger partial charge in [0.25, 0.3) is 0 Å². The van der Waals surface area contributed by atoms with Crippen molar-refractivity contribution < 1.29 is 20.4 Å². The highest BCUT2D eigenvalue weighted by molar-refractivity contribution is 4.86. The zero-order valence-corrected chi connectivity index (χ0v) is 7.63. The van der Waals surface area contributed by atoms with E-state index in [1.165, 1.54) is 0 Å². The van der Waals surface area contributed by atoms with Crippen molar-refractivity contribution in [2.45, 2.75) is 18.9 Å². The second-order valence-electron chi connectivity index (χ2n) is 3.78. The minimum atomic E-state index is -0.537. The van der Waals surface area contributed by atoms with Crippen molar-refractivity contribution in [3.8, 4) is 0 Å². The molecule has 0 aromatic rings. The molecule has 1 aliphatic rings. The van der Waals surface area contributed by atoms with Crippen molar-refractivity contribution in [2.75, 3.05) is 19.8 Å². The van der Waals surface area contributed by atoms with Gasteiger partial charge in [0.05, 0.1) is 6.10 Å². The van der Waals surface area contributed by atoms with Gasteiger partial charge in [-0.3, -0.25) is 0 Å². The molecule has 0 aromatic carbocycles. The summed E-state index contributed by atoms with van der Waals surface area (Å²) in [5.74, 6) is -0.430. The first-order valence-corrected chi connectivity index (χ1v) is 4.75. The molecule has 4 nitrogen and oxygen atoms in total. The van der Waals surface area contributed by atoms with E-state index in [0.29, 0.717) is 6.42 Å². The van der Waals surface area contributed by atoms with Crippen LogP contribution >= 0.6 is 0 Å². The summed E-state index contributed by atoms with van der Waals surface area (Å²) in [6.45, 7) is -0.176. The van der Waals surface area contributed by atoms with Gasteiger partial charge in [-0.25, -0.2) is 0 Å². The van der Waals surface area contributed by atoms with E-state index in [-0.39, 0.29) is 37.6 Å². The average molecular weight is 190 g/mol. The molecule has 4 atom stereocenters. The van der Waals surface area contributed by atoms with Crippen LogP contribution in [-0.4, -0.2) is 46.4 Å². The van der Waals surface area contributed by atoms with E-state index in [2.05, 4.69) is 0 Å². The lowest BCUT2D eigenvalue weighted by atomic mass is 9.71. The molecular formula is C9H18O4. The molecule has 0 spiro atoms. The molecule has 1 rings (SSSR count). The zero-order chi connectivity index (χ0) is 9.84. The zero-order valence-electron chi connectivity index (χ0n) is 7.63. The Balaban J connectivity index is 2.64. The largest absolute Gasteiger partial charge is 0.396 e. The second-order valence-corrected chi connectivity index (χ2v) is 3.78. The SMILES string of the molecule is OCC1CCC(O)C(CO)C1CO. The summed E-state index contributed by atoms with van der Waals surface area (Å²) < 4.78 is 0. The molecule has 0 aromatic heterocycles. The topological polar surface area (TPSA) is 80.9 Å². The van der Waals surface area contributed by atoms with Crippen LogP contribution in [0.4, 0.5) is 0 Å². The third-order valence-corrected chi connectivity index (χ3v) is 3.14. The van der Waals surface area contributed by atoms with Crippen LogP contribution in [0.2, 0.25) is 0 Å². The minimum Gasteiger partial charge on any atom is -0.396 e. The van der Waals surface area contributed by atoms with Crippen molar-refractivity contribution in [3.05, 3.63) is 0 Å². The maximum absolute atomic E-state index is 9.53. The summed E-state index contributed by atoms with van der Waals surface area (Å²) in [4.78, 5) is 0. The molecule has 1 aliphatic carbocycles. The molecule has 78 valence electrons. The molecule has 0 radical (unpaired) electrons.